The summed E-state index contributed by atoms with van der Waals surface area (Å²) in [6.07, 6.45) is 6.35. The van der Waals surface area contributed by atoms with Crippen molar-refractivity contribution in [1.29, 1.82) is 0 Å². The highest BCUT2D eigenvalue weighted by atomic mass is 19.1. The molecule has 0 amide bonds. The maximum absolute atomic E-state index is 14.0. The largest absolute Gasteiger partial charge is 0.352 e. The van der Waals surface area contributed by atoms with Gasteiger partial charge in [-0.25, -0.2) is 14.1 Å². The Balaban J connectivity index is 1.31. The minimum absolute atomic E-state index is 0.176. The first kappa shape index (κ1) is 18.9. The van der Waals surface area contributed by atoms with E-state index in [1.807, 2.05) is 52.3 Å². The van der Waals surface area contributed by atoms with Crippen LogP contribution >= 0.6 is 0 Å². The second kappa shape index (κ2) is 8.72. The van der Waals surface area contributed by atoms with Gasteiger partial charge in [-0.2, -0.15) is 5.10 Å². The summed E-state index contributed by atoms with van der Waals surface area (Å²) in [5.74, 6) is 0.838. The van der Waals surface area contributed by atoms with Gasteiger partial charge in [-0.1, -0.05) is 18.2 Å². The molecule has 7 nitrogen and oxygen atoms in total. The molecule has 0 saturated carbocycles. The Bertz CT molecular complexity index is 970. The minimum Gasteiger partial charge on any atom is -0.352 e. The van der Waals surface area contributed by atoms with Crippen molar-refractivity contribution in [2.45, 2.75) is 19.0 Å². The van der Waals surface area contributed by atoms with Crippen LogP contribution in [0.1, 0.15) is 12.0 Å². The van der Waals surface area contributed by atoms with Crippen LogP contribution in [-0.2, 0) is 6.54 Å². The van der Waals surface area contributed by atoms with Crippen LogP contribution in [0.25, 0.3) is 5.69 Å². The molecule has 29 heavy (non-hydrogen) atoms. The van der Waals surface area contributed by atoms with E-state index < -0.39 is 0 Å². The number of aliphatic imine (C=N–C) groups is 1. The number of halogens is 1. The number of nitrogens with one attached hydrogen (secondary N) is 2. The van der Waals surface area contributed by atoms with Crippen molar-refractivity contribution in [3.05, 3.63) is 72.4 Å². The molecule has 2 N–H and O–H groups in total. The first-order valence-corrected chi connectivity index (χ1v) is 9.64. The molecule has 2 aromatic heterocycles. The topological polar surface area (TPSA) is 70.4 Å². The van der Waals surface area contributed by atoms with E-state index in [9.17, 15) is 4.39 Å². The van der Waals surface area contributed by atoms with Crippen LogP contribution in [0.4, 0.5) is 10.2 Å². The van der Waals surface area contributed by atoms with Crippen molar-refractivity contribution in [2.24, 2.45) is 4.99 Å². The molecular weight excluding hydrogens is 369 g/mol. The Hall–Kier alpha value is -3.42. The summed E-state index contributed by atoms with van der Waals surface area (Å²) in [4.78, 5) is 10.4. The molecule has 1 aliphatic rings. The zero-order valence-corrected chi connectivity index (χ0v) is 16.3. The molecule has 3 heterocycles. The monoisotopic (exact) mass is 393 g/mol. The van der Waals surface area contributed by atoms with E-state index in [1.165, 1.54) is 6.07 Å². The summed E-state index contributed by atoms with van der Waals surface area (Å²) in [5, 5.41) is 11.1. The van der Waals surface area contributed by atoms with Crippen LogP contribution in [0.15, 0.2) is 66.0 Å². The Morgan fingerprint density at radius 3 is 2.90 bits per heavy atom. The predicted octanol–water partition coefficient (Wildman–Crippen LogP) is 2.35. The van der Waals surface area contributed by atoms with Crippen molar-refractivity contribution in [2.75, 3.05) is 25.0 Å². The van der Waals surface area contributed by atoms with Crippen LogP contribution in [-0.4, -0.2) is 46.9 Å². The van der Waals surface area contributed by atoms with Crippen LogP contribution < -0.4 is 15.5 Å². The molecule has 8 heteroatoms. The Morgan fingerprint density at radius 2 is 2.10 bits per heavy atom. The van der Waals surface area contributed by atoms with Gasteiger partial charge in [-0.15, -0.1) is 0 Å². The van der Waals surface area contributed by atoms with Crippen LogP contribution in [0.5, 0.6) is 0 Å². The summed E-state index contributed by atoms with van der Waals surface area (Å²) in [6.45, 7) is 2.05. The van der Waals surface area contributed by atoms with E-state index in [1.54, 1.807) is 19.3 Å². The number of aromatic nitrogens is 3. The lowest BCUT2D eigenvalue weighted by atomic mass is 10.3. The second-order valence-corrected chi connectivity index (χ2v) is 6.94. The maximum Gasteiger partial charge on any atom is 0.191 e. The zero-order chi connectivity index (χ0) is 20.1. The van der Waals surface area contributed by atoms with Crippen LogP contribution in [0.3, 0.4) is 0 Å². The van der Waals surface area contributed by atoms with Gasteiger partial charge in [0.05, 0.1) is 11.9 Å². The van der Waals surface area contributed by atoms with Crippen molar-refractivity contribution >= 4 is 11.8 Å². The highest BCUT2D eigenvalue weighted by Crippen LogP contribution is 2.20. The molecule has 0 aliphatic carbocycles. The third-order valence-electron chi connectivity index (χ3n) is 4.91. The Labute approximate surface area is 169 Å². The molecule has 0 bridgehead atoms. The average Bonchev–Trinajstić information content (AvgIpc) is 3.42. The van der Waals surface area contributed by atoms with Gasteiger partial charge < -0.3 is 15.5 Å². The van der Waals surface area contributed by atoms with Gasteiger partial charge >= 0.3 is 0 Å². The van der Waals surface area contributed by atoms with Gasteiger partial charge in [0.25, 0.3) is 0 Å². The number of hydrogen-bond acceptors (Lipinski definition) is 4. The van der Waals surface area contributed by atoms with Crippen LogP contribution in [0, 0.1) is 5.82 Å². The summed E-state index contributed by atoms with van der Waals surface area (Å²) in [5.41, 5.74) is 2.08. The number of benzene rings is 1. The fourth-order valence-electron chi connectivity index (χ4n) is 3.43. The highest BCUT2D eigenvalue weighted by molar-refractivity contribution is 5.80. The van der Waals surface area contributed by atoms with E-state index in [4.69, 9.17) is 0 Å². The van der Waals surface area contributed by atoms with Gasteiger partial charge in [0.1, 0.15) is 0 Å². The van der Waals surface area contributed by atoms with Crippen molar-refractivity contribution in [3.8, 4) is 5.69 Å². The van der Waals surface area contributed by atoms with Gasteiger partial charge in [-0.3, -0.25) is 4.99 Å². The Morgan fingerprint density at radius 1 is 1.24 bits per heavy atom. The summed E-state index contributed by atoms with van der Waals surface area (Å²) < 4.78 is 15.8. The molecule has 1 unspecified atom stereocenters. The molecule has 150 valence electrons. The number of pyridine rings is 1. The first-order valence-electron chi connectivity index (χ1n) is 9.64. The lowest BCUT2D eigenvalue weighted by Crippen LogP contribution is -2.44. The minimum atomic E-state index is -0.286. The molecule has 1 saturated heterocycles. The lowest BCUT2D eigenvalue weighted by molar-refractivity contribution is 0.612. The number of rotatable bonds is 5. The van der Waals surface area contributed by atoms with Gasteiger partial charge in [0.2, 0.25) is 0 Å². The summed E-state index contributed by atoms with van der Waals surface area (Å²) in [6, 6.07) is 13.2. The molecule has 1 aliphatic heterocycles. The third kappa shape index (κ3) is 4.53. The van der Waals surface area contributed by atoms with E-state index in [0.29, 0.717) is 24.9 Å². The highest BCUT2D eigenvalue weighted by Gasteiger charge is 2.25. The molecule has 1 atom stereocenters. The lowest BCUT2D eigenvalue weighted by Gasteiger charge is -2.19. The normalized spacial score (nSPS) is 16.8. The fraction of sp³-hybridized carbons (Fsp3) is 0.286. The number of nitrogens with zero attached hydrogens (tertiary/aromatic N) is 5. The molecule has 1 fully saturated rings. The summed E-state index contributed by atoms with van der Waals surface area (Å²) >= 11 is 0. The number of guanidine groups is 1. The van der Waals surface area contributed by atoms with Gasteiger partial charge in [0.15, 0.2) is 17.6 Å². The van der Waals surface area contributed by atoms with E-state index in [-0.39, 0.29) is 11.9 Å². The molecule has 4 rings (SSSR count). The predicted molar refractivity (Wildman–Crippen MR) is 112 cm³/mol. The van der Waals surface area contributed by atoms with E-state index in [2.05, 4.69) is 25.7 Å². The van der Waals surface area contributed by atoms with E-state index >= 15 is 0 Å². The summed E-state index contributed by atoms with van der Waals surface area (Å²) in [7, 11) is 1.74. The first-order chi connectivity index (χ1) is 14.2. The Kier molecular flexibility index (Phi) is 5.69. The van der Waals surface area contributed by atoms with Gasteiger partial charge in [0, 0.05) is 50.7 Å². The van der Waals surface area contributed by atoms with Crippen molar-refractivity contribution in [3.63, 3.8) is 0 Å². The quantitative estimate of drug-likeness (QED) is 0.514. The van der Waals surface area contributed by atoms with Crippen LogP contribution in [0.2, 0.25) is 0 Å². The molecular formula is C21H24FN7. The molecule has 1 aromatic carbocycles. The molecule has 3 aromatic rings. The van der Waals surface area contributed by atoms with Crippen molar-refractivity contribution < 1.29 is 4.39 Å². The maximum atomic E-state index is 14.0. The second-order valence-electron chi connectivity index (χ2n) is 6.94. The average molecular weight is 393 g/mol. The third-order valence-corrected chi connectivity index (χ3v) is 4.91. The van der Waals surface area contributed by atoms with E-state index in [0.717, 1.165) is 24.2 Å². The molecule has 0 radical (unpaired) electrons. The SMILES string of the molecule is CN=C(NCc1cnn(-c2ccccc2)c1)NC1CCN(c2ncccc2F)C1. The number of para-hydroxylation sites is 1. The standard InChI is InChI=1S/C21H24FN7/c1-23-21(25-12-16-13-26-29(14-16)18-6-3-2-4-7-18)27-17-9-11-28(15-17)20-19(22)8-5-10-24-20/h2-8,10,13-14,17H,9,11-12,15H2,1H3,(H2,23,25,27). The zero-order valence-electron chi connectivity index (χ0n) is 16.3. The van der Waals surface area contributed by atoms with Crippen molar-refractivity contribution in [1.82, 2.24) is 25.4 Å². The van der Waals surface area contributed by atoms with Gasteiger partial charge in [-0.05, 0) is 30.7 Å². The smallest absolute Gasteiger partial charge is 0.191 e. The number of hydrogen-bond donors (Lipinski definition) is 2. The fourth-order valence-corrected chi connectivity index (χ4v) is 3.43. The molecule has 0 spiro atoms. The number of anilines is 1.